The molecule has 1 aromatic heterocycles. The minimum atomic E-state index is -1.22. The predicted molar refractivity (Wildman–Crippen MR) is 128 cm³/mol. The molecule has 0 saturated heterocycles. The molecule has 0 spiro atoms. The molecule has 1 heterocycles. The number of fused-ring (bicyclic) bond motifs is 1. The molecule has 0 aliphatic heterocycles. The van der Waals surface area contributed by atoms with Crippen molar-refractivity contribution < 1.29 is 19.0 Å². The molecule has 6 nitrogen and oxygen atoms in total. The Morgan fingerprint density at radius 1 is 1.33 bits per heavy atom. The van der Waals surface area contributed by atoms with Crippen molar-refractivity contribution in [2.75, 3.05) is 11.9 Å². The second-order valence-corrected chi connectivity index (χ2v) is 15.3. The number of aromatic carboxylic acids is 1. The lowest BCUT2D eigenvalue weighted by Crippen LogP contribution is -2.21. The number of aromatic amines is 1. The third-order valence-electron chi connectivity index (χ3n) is 4.68. The average Bonchev–Trinajstić information content (AvgIpc) is 3.05. The first-order valence-electron chi connectivity index (χ1n) is 9.60. The van der Waals surface area contributed by atoms with E-state index in [4.69, 9.17) is 4.74 Å². The van der Waals surface area contributed by atoms with E-state index in [1.807, 2.05) is 19.1 Å². The number of nitrogens with zero attached hydrogens (tertiary/aromatic N) is 1. The SMILES string of the molecule is Cc1cc(I)ccc1Nc1c(C(=O)O)cc2nc(COCC[Si](C)(C)C)[nH]c2c1F. The van der Waals surface area contributed by atoms with Gasteiger partial charge in [-0.05, 0) is 65.4 Å². The number of H-pyrrole nitrogens is 1. The van der Waals surface area contributed by atoms with Crippen LogP contribution in [0.25, 0.3) is 11.0 Å². The second-order valence-electron chi connectivity index (χ2n) is 8.44. The van der Waals surface area contributed by atoms with Gasteiger partial charge in [0.25, 0.3) is 0 Å². The summed E-state index contributed by atoms with van der Waals surface area (Å²) in [4.78, 5) is 19.1. The molecule has 0 unspecified atom stereocenters. The highest BCUT2D eigenvalue weighted by Crippen LogP contribution is 2.32. The molecule has 2 aromatic carbocycles. The molecule has 0 aliphatic rings. The quantitative estimate of drug-likeness (QED) is 0.188. The number of rotatable bonds is 8. The molecule has 9 heteroatoms. The van der Waals surface area contributed by atoms with Crippen LogP contribution in [-0.2, 0) is 11.3 Å². The van der Waals surface area contributed by atoms with E-state index in [1.165, 1.54) is 6.07 Å². The van der Waals surface area contributed by atoms with Crippen LogP contribution in [-0.4, -0.2) is 35.7 Å². The summed E-state index contributed by atoms with van der Waals surface area (Å²) in [5.41, 5.74) is 1.70. The van der Waals surface area contributed by atoms with Crippen LogP contribution in [0.1, 0.15) is 21.7 Å². The zero-order chi connectivity index (χ0) is 22.1. The van der Waals surface area contributed by atoms with Gasteiger partial charge in [0.05, 0.1) is 16.8 Å². The molecule has 0 amide bonds. The first-order chi connectivity index (χ1) is 14.0. The number of nitrogens with one attached hydrogen (secondary N) is 2. The van der Waals surface area contributed by atoms with E-state index in [9.17, 15) is 9.90 Å². The van der Waals surface area contributed by atoms with E-state index in [0.29, 0.717) is 18.1 Å². The number of ether oxygens (including phenoxy) is 1. The van der Waals surface area contributed by atoms with E-state index in [1.54, 1.807) is 6.07 Å². The maximum absolute atomic E-state index is 15.3. The number of aromatic nitrogens is 2. The number of aryl methyl sites for hydroxylation is 1. The Hall–Kier alpha value is -1.98. The van der Waals surface area contributed by atoms with Crippen molar-refractivity contribution in [1.29, 1.82) is 0 Å². The molecule has 0 radical (unpaired) electrons. The van der Waals surface area contributed by atoms with Crippen LogP contribution in [0, 0.1) is 16.3 Å². The number of imidazole rings is 1. The fraction of sp³-hybridized carbons (Fsp3) is 0.333. The topological polar surface area (TPSA) is 87.2 Å². The summed E-state index contributed by atoms with van der Waals surface area (Å²) in [5, 5.41) is 12.6. The van der Waals surface area contributed by atoms with Crippen molar-refractivity contribution in [3.63, 3.8) is 0 Å². The van der Waals surface area contributed by atoms with Crippen molar-refractivity contribution in [3.05, 3.63) is 50.6 Å². The number of carbonyl (C=O) groups is 1. The highest BCUT2D eigenvalue weighted by Gasteiger charge is 2.22. The Bertz CT molecular complexity index is 1100. The van der Waals surface area contributed by atoms with E-state index in [0.717, 1.165) is 15.2 Å². The monoisotopic (exact) mass is 541 g/mol. The van der Waals surface area contributed by atoms with Gasteiger partial charge >= 0.3 is 5.97 Å². The lowest BCUT2D eigenvalue weighted by molar-refractivity contribution is 0.0697. The van der Waals surface area contributed by atoms with E-state index >= 15 is 4.39 Å². The summed E-state index contributed by atoms with van der Waals surface area (Å²) in [5.74, 6) is -1.43. The van der Waals surface area contributed by atoms with Crippen molar-refractivity contribution in [3.8, 4) is 0 Å². The fourth-order valence-corrected chi connectivity index (χ4v) is 4.37. The van der Waals surface area contributed by atoms with E-state index < -0.39 is 19.9 Å². The summed E-state index contributed by atoms with van der Waals surface area (Å²) in [7, 11) is -1.20. The number of carboxylic acids is 1. The first-order valence-corrected chi connectivity index (χ1v) is 14.4. The van der Waals surface area contributed by atoms with Crippen molar-refractivity contribution in [2.45, 2.75) is 39.2 Å². The number of hydrogen-bond acceptors (Lipinski definition) is 4. The Morgan fingerprint density at radius 2 is 2.07 bits per heavy atom. The standard InChI is InChI=1S/C21H25FIN3O3Si/c1-12-9-13(23)5-6-15(12)25-19-14(21(27)28)10-16-20(18(19)22)26-17(24-16)11-29-7-8-30(2,3)4/h5-6,9-10,25H,7-8,11H2,1-4H3,(H,24,26)(H,27,28). The largest absolute Gasteiger partial charge is 0.478 e. The van der Waals surface area contributed by atoms with Gasteiger partial charge in [0.2, 0.25) is 0 Å². The molecular formula is C21H25FIN3O3Si. The van der Waals surface area contributed by atoms with Gasteiger partial charge in [0.1, 0.15) is 17.9 Å². The summed E-state index contributed by atoms with van der Waals surface area (Å²) < 4.78 is 22.0. The molecule has 160 valence electrons. The summed E-state index contributed by atoms with van der Waals surface area (Å²) in [6.07, 6.45) is 0. The number of carboxylic acid groups (broad SMARTS) is 1. The molecular weight excluding hydrogens is 516 g/mol. The van der Waals surface area contributed by atoms with Gasteiger partial charge < -0.3 is 20.1 Å². The zero-order valence-electron chi connectivity index (χ0n) is 17.4. The number of anilines is 2. The first kappa shape index (κ1) is 22.7. The number of benzene rings is 2. The Kier molecular flexibility index (Phi) is 6.83. The third-order valence-corrected chi connectivity index (χ3v) is 7.06. The van der Waals surface area contributed by atoms with Gasteiger partial charge in [-0.2, -0.15) is 0 Å². The van der Waals surface area contributed by atoms with Crippen LogP contribution in [0.5, 0.6) is 0 Å². The summed E-state index contributed by atoms with van der Waals surface area (Å²) >= 11 is 2.19. The van der Waals surface area contributed by atoms with E-state index in [-0.39, 0.29) is 28.9 Å². The Morgan fingerprint density at radius 3 is 2.70 bits per heavy atom. The maximum Gasteiger partial charge on any atom is 0.338 e. The third kappa shape index (κ3) is 5.38. The molecule has 3 rings (SSSR count). The van der Waals surface area contributed by atoms with Gasteiger partial charge in [0, 0.05) is 23.9 Å². The molecule has 0 aliphatic carbocycles. The summed E-state index contributed by atoms with van der Waals surface area (Å²) in [6.45, 7) is 9.53. The molecule has 3 N–H and O–H groups in total. The van der Waals surface area contributed by atoms with Crippen LogP contribution in [0.4, 0.5) is 15.8 Å². The maximum atomic E-state index is 15.3. The highest BCUT2D eigenvalue weighted by molar-refractivity contribution is 14.1. The van der Waals surface area contributed by atoms with Gasteiger partial charge in [-0.25, -0.2) is 14.2 Å². The van der Waals surface area contributed by atoms with Crippen molar-refractivity contribution >= 4 is 59.0 Å². The van der Waals surface area contributed by atoms with Gasteiger partial charge in [0.15, 0.2) is 5.82 Å². The second kappa shape index (κ2) is 9.02. The van der Waals surface area contributed by atoms with Crippen LogP contribution in [0.15, 0.2) is 24.3 Å². The van der Waals surface area contributed by atoms with Crippen LogP contribution >= 0.6 is 22.6 Å². The van der Waals surface area contributed by atoms with Gasteiger partial charge in [-0.3, -0.25) is 0 Å². The van der Waals surface area contributed by atoms with Crippen molar-refractivity contribution in [1.82, 2.24) is 9.97 Å². The molecule has 0 atom stereocenters. The Labute approximate surface area is 189 Å². The molecule has 0 fully saturated rings. The lowest BCUT2D eigenvalue weighted by atomic mass is 10.1. The normalized spacial score (nSPS) is 11.8. The van der Waals surface area contributed by atoms with Crippen LogP contribution in [0.2, 0.25) is 25.7 Å². The molecule has 0 saturated carbocycles. The fourth-order valence-electron chi connectivity index (χ4n) is 2.97. The molecule has 0 bridgehead atoms. The average molecular weight is 541 g/mol. The van der Waals surface area contributed by atoms with Crippen LogP contribution < -0.4 is 5.32 Å². The number of hydrogen-bond donors (Lipinski definition) is 3. The summed E-state index contributed by atoms with van der Waals surface area (Å²) in [6, 6.07) is 8.02. The lowest BCUT2D eigenvalue weighted by Gasteiger charge is -2.14. The zero-order valence-corrected chi connectivity index (χ0v) is 20.6. The number of halogens is 2. The highest BCUT2D eigenvalue weighted by atomic mass is 127. The Balaban J connectivity index is 1.92. The smallest absolute Gasteiger partial charge is 0.338 e. The minimum absolute atomic E-state index is 0.0887. The van der Waals surface area contributed by atoms with Gasteiger partial charge in [-0.15, -0.1) is 0 Å². The van der Waals surface area contributed by atoms with Gasteiger partial charge in [-0.1, -0.05) is 19.6 Å². The van der Waals surface area contributed by atoms with Crippen molar-refractivity contribution in [2.24, 2.45) is 0 Å². The minimum Gasteiger partial charge on any atom is -0.478 e. The molecule has 3 aromatic rings. The van der Waals surface area contributed by atoms with Crippen LogP contribution in [0.3, 0.4) is 0 Å². The predicted octanol–water partition coefficient (Wildman–Crippen LogP) is 5.91. The van der Waals surface area contributed by atoms with E-state index in [2.05, 4.69) is 57.5 Å². The molecule has 30 heavy (non-hydrogen) atoms.